The second-order valence-corrected chi connectivity index (χ2v) is 4.56. The van der Waals surface area contributed by atoms with Gasteiger partial charge in [-0.2, -0.15) is 5.10 Å². The topological polar surface area (TPSA) is 38.0 Å². The summed E-state index contributed by atoms with van der Waals surface area (Å²) in [6, 6.07) is 11.5. The normalized spacial score (nSPS) is 11.0. The number of hydrogen-bond donors (Lipinski definition) is 1. The third-order valence-corrected chi connectivity index (χ3v) is 3.12. The maximum atomic E-state index is 9.58. The molecule has 3 aromatic rings. The molecule has 0 spiro atoms. The first-order valence-corrected chi connectivity index (χ1v) is 5.90. The van der Waals surface area contributed by atoms with E-state index < -0.39 is 0 Å². The van der Waals surface area contributed by atoms with Gasteiger partial charge in [0.25, 0.3) is 0 Å². The molecule has 1 N–H and O–H groups in total. The van der Waals surface area contributed by atoms with Gasteiger partial charge >= 0.3 is 0 Å². The van der Waals surface area contributed by atoms with Crippen LogP contribution < -0.4 is 0 Å². The molecule has 0 saturated heterocycles. The lowest BCUT2D eigenvalue weighted by atomic mass is 10.1. The van der Waals surface area contributed by atoms with Gasteiger partial charge in [-0.1, -0.05) is 18.2 Å². The Morgan fingerprint density at radius 3 is 2.39 bits per heavy atom. The van der Waals surface area contributed by atoms with Crippen molar-refractivity contribution in [3.8, 4) is 11.4 Å². The van der Waals surface area contributed by atoms with Crippen LogP contribution in [0.3, 0.4) is 0 Å². The van der Waals surface area contributed by atoms with Crippen molar-refractivity contribution in [3.05, 3.63) is 53.7 Å². The van der Waals surface area contributed by atoms with Gasteiger partial charge in [-0.3, -0.25) is 0 Å². The summed E-state index contributed by atoms with van der Waals surface area (Å²) in [6.07, 6.45) is 2.02. The van der Waals surface area contributed by atoms with Gasteiger partial charge in [-0.05, 0) is 43.2 Å². The fourth-order valence-corrected chi connectivity index (χ4v) is 2.37. The molecule has 18 heavy (non-hydrogen) atoms. The maximum absolute atomic E-state index is 9.58. The number of benzene rings is 2. The molecule has 1 heterocycles. The molecule has 0 atom stereocenters. The van der Waals surface area contributed by atoms with E-state index in [9.17, 15) is 5.11 Å². The molecule has 0 aliphatic heterocycles. The van der Waals surface area contributed by atoms with Crippen molar-refractivity contribution >= 4 is 10.9 Å². The highest BCUT2D eigenvalue weighted by atomic mass is 16.3. The van der Waals surface area contributed by atoms with Crippen molar-refractivity contribution in [2.24, 2.45) is 0 Å². The number of aryl methyl sites for hydroxylation is 2. The Labute approximate surface area is 105 Å². The number of fused-ring (bicyclic) bond motifs is 1. The van der Waals surface area contributed by atoms with E-state index in [0.29, 0.717) is 5.75 Å². The maximum Gasteiger partial charge on any atom is 0.116 e. The van der Waals surface area contributed by atoms with Crippen molar-refractivity contribution in [1.29, 1.82) is 0 Å². The lowest BCUT2D eigenvalue weighted by Gasteiger charge is -2.10. The van der Waals surface area contributed by atoms with E-state index in [2.05, 4.69) is 5.10 Å². The van der Waals surface area contributed by atoms with Gasteiger partial charge in [0.2, 0.25) is 0 Å². The molecule has 2 aromatic carbocycles. The molecular weight excluding hydrogens is 224 g/mol. The van der Waals surface area contributed by atoms with Crippen LogP contribution >= 0.6 is 0 Å². The summed E-state index contributed by atoms with van der Waals surface area (Å²) in [4.78, 5) is 0. The van der Waals surface area contributed by atoms with Gasteiger partial charge in [0.05, 0.1) is 11.2 Å². The molecule has 3 heteroatoms. The second-order valence-electron chi connectivity index (χ2n) is 4.56. The fraction of sp³-hybridized carbons (Fsp3) is 0.133. The van der Waals surface area contributed by atoms with E-state index in [1.807, 2.05) is 49.0 Å². The van der Waals surface area contributed by atoms with Gasteiger partial charge in [-0.15, -0.1) is 0 Å². The third kappa shape index (κ3) is 1.64. The molecular formula is C15H14N2O. The fourth-order valence-electron chi connectivity index (χ4n) is 2.37. The minimum atomic E-state index is 0.297. The van der Waals surface area contributed by atoms with E-state index in [0.717, 1.165) is 27.7 Å². The number of phenols is 1. The minimum absolute atomic E-state index is 0.297. The smallest absolute Gasteiger partial charge is 0.116 e. The minimum Gasteiger partial charge on any atom is -0.508 e. The van der Waals surface area contributed by atoms with Gasteiger partial charge in [0.1, 0.15) is 5.75 Å². The Balaban J connectivity index is 2.26. The van der Waals surface area contributed by atoms with Crippen molar-refractivity contribution in [3.63, 3.8) is 0 Å². The standard InChI is InChI=1S/C15H14N2O/c1-10-7-13(18)8-11(2)15(10)17-9-12-5-3-4-6-14(12)16-17/h3-9,18H,1-2H3. The first-order valence-electron chi connectivity index (χ1n) is 5.90. The van der Waals surface area contributed by atoms with E-state index >= 15 is 0 Å². The summed E-state index contributed by atoms with van der Waals surface area (Å²) in [5.74, 6) is 0.297. The Morgan fingerprint density at radius 2 is 1.72 bits per heavy atom. The monoisotopic (exact) mass is 238 g/mol. The zero-order chi connectivity index (χ0) is 12.7. The molecule has 0 saturated carbocycles. The summed E-state index contributed by atoms with van der Waals surface area (Å²) in [6.45, 7) is 3.96. The molecule has 0 unspecified atom stereocenters. The second kappa shape index (κ2) is 3.88. The van der Waals surface area contributed by atoms with E-state index in [1.54, 1.807) is 12.1 Å². The van der Waals surface area contributed by atoms with Crippen LogP contribution in [0.1, 0.15) is 11.1 Å². The lowest BCUT2D eigenvalue weighted by molar-refractivity contribution is 0.474. The summed E-state index contributed by atoms with van der Waals surface area (Å²) < 4.78 is 1.88. The van der Waals surface area contributed by atoms with E-state index in [1.165, 1.54) is 0 Å². The number of aromatic hydroxyl groups is 1. The highest BCUT2D eigenvalue weighted by Crippen LogP contribution is 2.25. The SMILES string of the molecule is Cc1cc(O)cc(C)c1-n1cc2ccccc2n1. The molecule has 0 radical (unpaired) electrons. The van der Waals surface area contributed by atoms with Crippen LogP contribution in [0.4, 0.5) is 0 Å². The largest absolute Gasteiger partial charge is 0.508 e. The van der Waals surface area contributed by atoms with Crippen LogP contribution in [-0.4, -0.2) is 14.9 Å². The number of nitrogens with zero attached hydrogens (tertiary/aromatic N) is 2. The molecule has 3 rings (SSSR count). The van der Waals surface area contributed by atoms with Crippen molar-refractivity contribution in [2.75, 3.05) is 0 Å². The first-order chi connectivity index (χ1) is 8.65. The number of hydrogen-bond acceptors (Lipinski definition) is 2. The van der Waals surface area contributed by atoms with Crippen molar-refractivity contribution < 1.29 is 5.11 Å². The Bertz CT molecular complexity index is 672. The summed E-state index contributed by atoms with van der Waals surface area (Å²) in [5, 5.41) is 15.3. The lowest BCUT2D eigenvalue weighted by Crippen LogP contribution is -2.00. The molecule has 0 aliphatic rings. The van der Waals surface area contributed by atoms with Crippen LogP contribution in [0.5, 0.6) is 5.75 Å². The molecule has 3 nitrogen and oxygen atoms in total. The third-order valence-electron chi connectivity index (χ3n) is 3.12. The number of aromatic nitrogens is 2. The van der Waals surface area contributed by atoms with Gasteiger partial charge in [0, 0.05) is 11.6 Å². The Hall–Kier alpha value is -2.29. The highest BCUT2D eigenvalue weighted by molar-refractivity contribution is 5.78. The summed E-state index contributed by atoms with van der Waals surface area (Å²) >= 11 is 0. The van der Waals surface area contributed by atoms with Crippen molar-refractivity contribution in [2.45, 2.75) is 13.8 Å². The average Bonchev–Trinajstić information content (AvgIpc) is 2.70. The number of rotatable bonds is 1. The molecule has 0 aliphatic carbocycles. The zero-order valence-electron chi connectivity index (χ0n) is 10.4. The van der Waals surface area contributed by atoms with Crippen LogP contribution in [0.2, 0.25) is 0 Å². The molecule has 90 valence electrons. The van der Waals surface area contributed by atoms with Crippen LogP contribution in [0, 0.1) is 13.8 Å². The first kappa shape index (κ1) is 10.8. The molecule has 0 bridgehead atoms. The van der Waals surface area contributed by atoms with Crippen LogP contribution in [0.15, 0.2) is 42.6 Å². The number of phenolic OH excluding ortho intramolecular Hbond substituents is 1. The predicted molar refractivity (Wildman–Crippen MR) is 72.2 cm³/mol. The molecule has 0 amide bonds. The molecule has 1 aromatic heterocycles. The zero-order valence-corrected chi connectivity index (χ0v) is 10.4. The molecule has 0 fully saturated rings. The van der Waals surface area contributed by atoms with Gasteiger partial charge in [-0.25, -0.2) is 4.68 Å². The quantitative estimate of drug-likeness (QED) is 0.706. The highest BCUT2D eigenvalue weighted by Gasteiger charge is 2.09. The van der Waals surface area contributed by atoms with Crippen molar-refractivity contribution in [1.82, 2.24) is 9.78 Å². The van der Waals surface area contributed by atoms with E-state index in [-0.39, 0.29) is 0 Å². The summed E-state index contributed by atoms with van der Waals surface area (Å²) in [5.41, 5.74) is 4.04. The Morgan fingerprint density at radius 1 is 1.06 bits per heavy atom. The summed E-state index contributed by atoms with van der Waals surface area (Å²) in [7, 11) is 0. The Kier molecular flexibility index (Phi) is 2.33. The van der Waals surface area contributed by atoms with Crippen LogP contribution in [-0.2, 0) is 0 Å². The predicted octanol–water partition coefficient (Wildman–Crippen LogP) is 3.35. The van der Waals surface area contributed by atoms with Gasteiger partial charge in [0.15, 0.2) is 0 Å². The van der Waals surface area contributed by atoms with E-state index in [4.69, 9.17) is 0 Å². The van der Waals surface area contributed by atoms with Gasteiger partial charge < -0.3 is 5.11 Å². The average molecular weight is 238 g/mol. The van der Waals surface area contributed by atoms with Crippen LogP contribution in [0.25, 0.3) is 16.6 Å².